The van der Waals surface area contributed by atoms with E-state index in [1.54, 1.807) is 6.07 Å². The summed E-state index contributed by atoms with van der Waals surface area (Å²) in [4.78, 5) is 1.73. The lowest BCUT2D eigenvalue weighted by molar-refractivity contribution is 0.624. The second-order valence-electron chi connectivity index (χ2n) is 3.62. The van der Waals surface area contributed by atoms with Crippen molar-refractivity contribution in [3.05, 3.63) is 58.9 Å². The van der Waals surface area contributed by atoms with E-state index in [-0.39, 0.29) is 5.02 Å². The van der Waals surface area contributed by atoms with E-state index >= 15 is 0 Å². The van der Waals surface area contributed by atoms with Crippen molar-refractivity contribution in [1.29, 1.82) is 5.26 Å². The van der Waals surface area contributed by atoms with Gasteiger partial charge in [-0.25, -0.2) is 4.39 Å². The second-order valence-corrected chi connectivity index (χ2v) is 5.14. The fourth-order valence-electron chi connectivity index (χ4n) is 1.50. The Hall–Kier alpha value is -1.50. The Labute approximate surface area is 114 Å². The predicted molar refractivity (Wildman–Crippen MR) is 71.3 cm³/mol. The zero-order valence-electron chi connectivity index (χ0n) is 9.36. The van der Waals surface area contributed by atoms with E-state index in [1.807, 2.05) is 24.3 Å². The zero-order valence-corrected chi connectivity index (χ0v) is 10.9. The molecule has 0 aliphatic carbocycles. The number of halogens is 2. The number of hydrogen-bond acceptors (Lipinski definition) is 2. The number of hydrogen-bond donors (Lipinski definition) is 0. The van der Waals surface area contributed by atoms with Crippen LogP contribution in [0.2, 0.25) is 5.02 Å². The minimum Gasteiger partial charge on any atom is -0.205 e. The number of nitriles is 1. The predicted octanol–water partition coefficient (Wildman–Crippen LogP) is 4.70. The van der Waals surface area contributed by atoms with Crippen LogP contribution in [0.5, 0.6) is 0 Å². The Bertz CT molecular complexity index is 607. The Morgan fingerprint density at radius 2 is 2.00 bits per heavy atom. The molecule has 4 heteroatoms. The summed E-state index contributed by atoms with van der Waals surface area (Å²) in [5.41, 5.74) is 0.945. The van der Waals surface area contributed by atoms with Crippen LogP contribution in [0.3, 0.4) is 0 Å². The maximum absolute atomic E-state index is 13.3. The van der Waals surface area contributed by atoms with Crippen molar-refractivity contribution in [2.45, 2.75) is 16.2 Å². The third kappa shape index (κ3) is 3.04. The largest absolute Gasteiger partial charge is 0.205 e. The first kappa shape index (κ1) is 12.9. The van der Waals surface area contributed by atoms with Gasteiger partial charge in [0.2, 0.25) is 0 Å². The van der Waals surface area contributed by atoms with Gasteiger partial charge in [-0.1, -0.05) is 41.6 Å². The molecule has 0 saturated carbocycles. The number of nitrogens with zero attached hydrogens (tertiary/aromatic N) is 1. The highest BCUT2D eigenvalue weighted by Crippen LogP contribution is 2.32. The third-order valence-electron chi connectivity index (χ3n) is 2.36. The second kappa shape index (κ2) is 5.90. The lowest BCUT2D eigenvalue weighted by atomic mass is 10.2. The molecule has 0 aliphatic heterocycles. The van der Waals surface area contributed by atoms with Gasteiger partial charge in [-0.05, 0) is 29.8 Å². The first-order chi connectivity index (χ1) is 8.70. The van der Waals surface area contributed by atoms with E-state index < -0.39 is 5.82 Å². The summed E-state index contributed by atoms with van der Waals surface area (Å²) in [6.07, 6.45) is 0.346. The van der Waals surface area contributed by atoms with Gasteiger partial charge < -0.3 is 0 Å². The quantitative estimate of drug-likeness (QED) is 0.812. The van der Waals surface area contributed by atoms with Crippen LogP contribution in [-0.4, -0.2) is 0 Å². The van der Waals surface area contributed by atoms with Gasteiger partial charge >= 0.3 is 0 Å². The molecule has 18 heavy (non-hydrogen) atoms. The molecular formula is C14H9ClFNS. The maximum atomic E-state index is 13.3. The minimum atomic E-state index is -0.431. The van der Waals surface area contributed by atoms with Crippen LogP contribution in [-0.2, 0) is 6.42 Å². The number of benzene rings is 2. The summed E-state index contributed by atoms with van der Waals surface area (Å²) in [6.45, 7) is 0. The Morgan fingerprint density at radius 3 is 2.72 bits per heavy atom. The van der Waals surface area contributed by atoms with Crippen molar-refractivity contribution in [3.63, 3.8) is 0 Å². The molecule has 2 aromatic carbocycles. The van der Waals surface area contributed by atoms with Crippen LogP contribution in [0, 0.1) is 17.1 Å². The molecule has 0 aromatic heterocycles. The van der Waals surface area contributed by atoms with Crippen LogP contribution in [0.25, 0.3) is 0 Å². The van der Waals surface area contributed by atoms with E-state index in [9.17, 15) is 4.39 Å². The Kier molecular flexibility index (Phi) is 4.24. The van der Waals surface area contributed by atoms with Crippen molar-refractivity contribution >= 4 is 23.4 Å². The molecule has 90 valence electrons. The third-order valence-corrected chi connectivity index (χ3v) is 3.78. The van der Waals surface area contributed by atoms with Crippen molar-refractivity contribution < 1.29 is 4.39 Å². The van der Waals surface area contributed by atoms with Crippen LogP contribution in [0.1, 0.15) is 5.56 Å². The first-order valence-electron chi connectivity index (χ1n) is 5.28. The summed E-state index contributed by atoms with van der Waals surface area (Å²) in [5, 5.41) is 8.87. The van der Waals surface area contributed by atoms with E-state index in [4.69, 9.17) is 16.9 Å². The summed E-state index contributed by atoms with van der Waals surface area (Å²) in [7, 11) is 0. The topological polar surface area (TPSA) is 23.8 Å². The van der Waals surface area contributed by atoms with Crippen LogP contribution in [0.15, 0.2) is 52.3 Å². The van der Waals surface area contributed by atoms with Gasteiger partial charge in [-0.2, -0.15) is 5.26 Å². The lowest BCUT2D eigenvalue weighted by Crippen LogP contribution is -1.86. The average Bonchev–Trinajstić information content (AvgIpc) is 2.37. The molecule has 0 radical (unpaired) electrons. The van der Waals surface area contributed by atoms with Gasteiger partial charge in [0.05, 0.1) is 17.5 Å². The van der Waals surface area contributed by atoms with Crippen LogP contribution in [0.4, 0.5) is 4.39 Å². The molecule has 0 unspecified atom stereocenters. The number of rotatable bonds is 3. The van der Waals surface area contributed by atoms with Gasteiger partial charge in [0.15, 0.2) is 0 Å². The smallest absolute Gasteiger partial charge is 0.142 e. The van der Waals surface area contributed by atoms with Gasteiger partial charge in [0.1, 0.15) is 5.82 Å². The van der Waals surface area contributed by atoms with E-state index in [2.05, 4.69) is 6.07 Å². The van der Waals surface area contributed by atoms with E-state index in [0.717, 1.165) is 15.4 Å². The minimum absolute atomic E-state index is 0.115. The fraction of sp³-hybridized carbons (Fsp3) is 0.0714. The molecular weight excluding hydrogens is 269 g/mol. The van der Waals surface area contributed by atoms with Gasteiger partial charge in [-0.3, -0.25) is 0 Å². The lowest BCUT2D eigenvalue weighted by Gasteiger charge is -2.06. The van der Waals surface area contributed by atoms with E-state index in [1.165, 1.54) is 23.9 Å². The average molecular weight is 278 g/mol. The SMILES string of the molecule is N#CCc1ccccc1Sc1ccc(Cl)c(F)c1. The van der Waals surface area contributed by atoms with Crippen LogP contribution < -0.4 is 0 Å². The zero-order chi connectivity index (χ0) is 13.0. The molecule has 0 amide bonds. The van der Waals surface area contributed by atoms with Crippen molar-refractivity contribution in [3.8, 4) is 6.07 Å². The summed E-state index contributed by atoms with van der Waals surface area (Å²) < 4.78 is 13.3. The van der Waals surface area contributed by atoms with Gasteiger partial charge in [-0.15, -0.1) is 0 Å². The van der Waals surface area contributed by atoms with Crippen molar-refractivity contribution in [1.82, 2.24) is 0 Å². The highest BCUT2D eigenvalue weighted by molar-refractivity contribution is 7.99. The highest BCUT2D eigenvalue weighted by atomic mass is 35.5. The molecule has 0 N–H and O–H groups in total. The molecule has 0 spiro atoms. The van der Waals surface area contributed by atoms with Crippen molar-refractivity contribution in [2.75, 3.05) is 0 Å². The van der Waals surface area contributed by atoms with Crippen molar-refractivity contribution in [2.24, 2.45) is 0 Å². The standard InChI is InChI=1S/C14H9ClFNS/c15-12-6-5-11(9-13(12)16)18-14-4-2-1-3-10(14)7-8-17/h1-6,9H,7H2. The molecule has 0 fully saturated rings. The monoisotopic (exact) mass is 277 g/mol. The Balaban J connectivity index is 2.28. The molecule has 0 aliphatic rings. The summed E-state index contributed by atoms with van der Waals surface area (Å²) in [6, 6.07) is 14.4. The molecule has 0 heterocycles. The molecule has 0 saturated heterocycles. The molecule has 1 nitrogen and oxygen atoms in total. The molecule has 2 rings (SSSR count). The van der Waals surface area contributed by atoms with Gasteiger partial charge in [0, 0.05) is 9.79 Å². The molecule has 2 aromatic rings. The summed E-state index contributed by atoms with van der Waals surface area (Å²) >= 11 is 7.06. The van der Waals surface area contributed by atoms with Crippen LogP contribution >= 0.6 is 23.4 Å². The first-order valence-corrected chi connectivity index (χ1v) is 6.48. The van der Waals surface area contributed by atoms with Gasteiger partial charge in [0.25, 0.3) is 0 Å². The van der Waals surface area contributed by atoms with E-state index in [0.29, 0.717) is 6.42 Å². The Morgan fingerprint density at radius 1 is 1.22 bits per heavy atom. The fourth-order valence-corrected chi connectivity index (χ4v) is 2.59. The molecule has 0 atom stereocenters. The maximum Gasteiger partial charge on any atom is 0.142 e. The molecule has 0 bridgehead atoms. The highest BCUT2D eigenvalue weighted by Gasteiger charge is 2.06. The summed E-state index contributed by atoms with van der Waals surface area (Å²) in [5.74, 6) is -0.431. The normalized spacial score (nSPS) is 10.1.